The Bertz CT molecular complexity index is 1040. The molecule has 0 aromatic carbocycles. The second-order valence-electron chi connectivity index (χ2n) is 15.4. The van der Waals surface area contributed by atoms with Crippen LogP contribution in [-0.4, -0.2) is 96.0 Å². The molecule has 0 spiro atoms. The summed E-state index contributed by atoms with van der Waals surface area (Å²) in [6.45, 7) is 22.2. The van der Waals surface area contributed by atoms with Crippen LogP contribution in [-0.2, 0) is 38.1 Å². The average Bonchev–Trinajstić information content (AvgIpc) is 2.98. The number of amides is 4. The van der Waals surface area contributed by atoms with Gasteiger partial charge in [0.2, 0.25) is 11.8 Å². The minimum absolute atomic E-state index is 0.00945. The predicted octanol–water partition coefficient (Wildman–Crippen LogP) is 5.90. The molecule has 0 aliphatic rings. The molecule has 0 aliphatic heterocycles. The van der Waals surface area contributed by atoms with Crippen LogP contribution in [0.1, 0.15) is 122 Å². The van der Waals surface area contributed by atoms with E-state index in [1.165, 1.54) is 0 Å². The highest BCUT2D eigenvalue weighted by Crippen LogP contribution is 2.24. The third kappa shape index (κ3) is 24.4. The van der Waals surface area contributed by atoms with Crippen LogP contribution < -0.4 is 21.3 Å². The smallest absolute Gasteiger partial charge is 0.408 e. The Balaban J connectivity index is 6.02. The molecular weight excluding hydrogens is 713 g/mol. The summed E-state index contributed by atoms with van der Waals surface area (Å²) in [5.41, 5.74) is -1.67. The minimum Gasteiger partial charge on any atom is -0.464 e. The molecule has 0 rings (SSSR count). The van der Waals surface area contributed by atoms with Gasteiger partial charge in [0.15, 0.2) is 0 Å². The first kappa shape index (κ1) is 49.1. The zero-order valence-electron chi connectivity index (χ0n) is 33.4. The van der Waals surface area contributed by atoms with Crippen LogP contribution in [0.3, 0.4) is 0 Å². The molecule has 302 valence electrons. The zero-order valence-corrected chi connectivity index (χ0v) is 35.1. The number of alkyl carbamates (subject to hydrolysis) is 2. The number of ether oxygens (including phenoxy) is 4. The molecule has 14 nitrogen and oxygen atoms in total. The molecule has 52 heavy (non-hydrogen) atoms. The number of rotatable bonds is 23. The average molecular weight is 779 g/mol. The van der Waals surface area contributed by atoms with E-state index in [-0.39, 0.29) is 36.6 Å². The van der Waals surface area contributed by atoms with Gasteiger partial charge < -0.3 is 40.2 Å². The van der Waals surface area contributed by atoms with Gasteiger partial charge in [-0.15, -0.1) is 0 Å². The molecule has 0 saturated heterocycles. The minimum atomic E-state index is -1.13. The van der Waals surface area contributed by atoms with Crippen molar-refractivity contribution in [2.75, 3.05) is 24.7 Å². The van der Waals surface area contributed by atoms with Crippen LogP contribution in [0.5, 0.6) is 0 Å². The second kappa shape index (κ2) is 25.2. The highest BCUT2D eigenvalue weighted by molar-refractivity contribution is 8.76. The number of hydrogen-bond donors (Lipinski definition) is 4. The molecule has 0 aliphatic carbocycles. The lowest BCUT2D eigenvalue weighted by Gasteiger charge is -2.26. The Morgan fingerprint density at radius 3 is 1.13 bits per heavy atom. The first-order chi connectivity index (χ1) is 24.1. The summed E-state index contributed by atoms with van der Waals surface area (Å²) in [4.78, 5) is 78.4. The van der Waals surface area contributed by atoms with Gasteiger partial charge in [0.05, 0.1) is 13.2 Å². The van der Waals surface area contributed by atoms with Crippen molar-refractivity contribution in [3.63, 3.8) is 0 Å². The number of nitrogens with one attached hydrogen (secondary N) is 4. The lowest BCUT2D eigenvalue weighted by molar-refractivity contribution is -0.149. The first-order valence-corrected chi connectivity index (χ1v) is 20.7. The van der Waals surface area contributed by atoms with E-state index in [4.69, 9.17) is 18.9 Å². The van der Waals surface area contributed by atoms with E-state index < -0.39 is 71.3 Å². The SMILES string of the molecule is CCCCOC(=O)[C@H](CC(C)C)NC(=O)[C@H](CSSC[C@H](NC(=O)OC(C)(C)C)C(=O)N[C@@H](CC(C)C)C(=O)OCCCC)NC(=O)OC(C)(C)C. The summed E-state index contributed by atoms with van der Waals surface area (Å²) in [7, 11) is 2.31. The highest BCUT2D eigenvalue weighted by atomic mass is 33.1. The first-order valence-electron chi connectivity index (χ1n) is 18.3. The van der Waals surface area contributed by atoms with Crippen molar-refractivity contribution in [2.45, 2.75) is 157 Å². The van der Waals surface area contributed by atoms with Gasteiger partial charge in [-0.05, 0) is 79.1 Å². The molecule has 0 aromatic heterocycles. The largest absolute Gasteiger partial charge is 0.464 e. The number of carbonyl (C=O) groups excluding carboxylic acids is 6. The van der Waals surface area contributed by atoms with Gasteiger partial charge in [0, 0.05) is 11.5 Å². The number of esters is 2. The van der Waals surface area contributed by atoms with Crippen molar-refractivity contribution in [3.05, 3.63) is 0 Å². The van der Waals surface area contributed by atoms with E-state index >= 15 is 0 Å². The van der Waals surface area contributed by atoms with Crippen LogP contribution in [0.15, 0.2) is 0 Å². The van der Waals surface area contributed by atoms with Gasteiger partial charge in [0.25, 0.3) is 0 Å². The van der Waals surface area contributed by atoms with E-state index in [0.717, 1.165) is 34.4 Å². The molecule has 0 aromatic rings. The number of unbranched alkanes of at least 4 members (excludes halogenated alkanes) is 2. The maximum absolute atomic E-state index is 13.6. The molecule has 0 saturated carbocycles. The van der Waals surface area contributed by atoms with Gasteiger partial charge in [-0.25, -0.2) is 19.2 Å². The molecule has 0 bridgehead atoms. The van der Waals surface area contributed by atoms with Crippen molar-refractivity contribution >= 4 is 57.5 Å². The molecule has 4 N–H and O–H groups in total. The Hall–Kier alpha value is -2.88. The Morgan fingerprint density at radius 1 is 0.538 bits per heavy atom. The van der Waals surface area contributed by atoms with E-state index in [9.17, 15) is 28.8 Å². The molecule has 0 fully saturated rings. The van der Waals surface area contributed by atoms with E-state index in [1.807, 2.05) is 41.5 Å². The maximum Gasteiger partial charge on any atom is 0.408 e. The molecule has 4 atom stereocenters. The van der Waals surface area contributed by atoms with E-state index in [2.05, 4.69) is 21.3 Å². The summed E-state index contributed by atoms with van der Waals surface area (Å²) >= 11 is 0. The standard InChI is InChI=1S/C36H66N4O10S2/c1-13-15-17-47-31(43)25(19-23(3)4)37-29(41)27(39-33(45)49-35(7,8)9)21-51-52-22-28(40-34(46)50-36(10,11)12)30(42)38-26(20-24(5)6)32(44)48-18-16-14-2/h23-28H,13-22H2,1-12H3,(H,37,41)(H,38,42)(H,39,45)(H,40,46)/t25-,26-,27-,28-/m0/s1. The molecule has 4 amide bonds. The van der Waals surface area contributed by atoms with Gasteiger partial charge in [-0.3, -0.25) is 9.59 Å². The van der Waals surface area contributed by atoms with Gasteiger partial charge >= 0.3 is 24.1 Å². The lowest BCUT2D eigenvalue weighted by Crippen LogP contribution is -2.54. The van der Waals surface area contributed by atoms with Crippen LogP contribution in [0, 0.1) is 11.8 Å². The molecule has 0 heterocycles. The Morgan fingerprint density at radius 2 is 0.865 bits per heavy atom. The van der Waals surface area contributed by atoms with Crippen molar-refractivity contribution < 1.29 is 47.7 Å². The summed E-state index contributed by atoms with van der Waals surface area (Å²) in [6, 6.07) is -4.12. The topological polar surface area (TPSA) is 187 Å². The van der Waals surface area contributed by atoms with Crippen LogP contribution in [0.25, 0.3) is 0 Å². The third-order valence-corrected chi connectivity index (χ3v) is 9.09. The predicted molar refractivity (Wildman–Crippen MR) is 206 cm³/mol. The summed E-state index contributed by atoms with van der Waals surface area (Å²) in [6.07, 6.45) is 2.06. The van der Waals surface area contributed by atoms with Crippen molar-refractivity contribution in [2.24, 2.45) is 11.8 Å². The number of carbonyl (C=O) groups is 6. The second-order valence-corrected chi connectivity index (χ2v) is 17.9. The van der Waals surface area contributed by atoms with E-state index in [0.29, 0.717) is 25.7 Å². The molecule has 0 unspecified atom stereocenters. The van der Waals surface area contributed by atoms with Crippen LogP contribution >= 0.6 is 21.6 Å². The molecule has 0 radical (unpaired) electrons. The monoisotopic (exact) mass is 778 g/mol. The molecular formula is C36H66N4O10S2. The normalized spacial score (nSPS) is 14.0. The van der Waals surface area contributed by atoms with Crippen molar-refractivity contribution in [1.82, 2.24) is 21.3 Å². The van der Waals surface area contributed by atoms with Crippen molar-refractivity contribution in [3.8, 4) is 0 Å². The maximum atomic E-state index is 13.6. The van der Waals surface area contributed by atoms with Crippen LogP contribution in [0.2, 0.25) is 0 Å². The fraction of sp³-hybridized carbons (Fsp3) is 0.833. The summed E-state index contributed by atoms with van der Waals surface area (Å²) in [5, 5.41) is 10.7. The van der Waals surface area contributed by atoms with Gasteiger partial charge in [0.1, 0.15) is 35.4 Å². The quantitative estimate of drug-likeness (QED) is 0.0417. The van der Waals surface area contributed by atoms with Gasteiger partial charge in [-0.2, -0.15) is 0 Å². The van der Waals surface area contributed by atoms with Crippen molar-refractivity contribution in [1.29, 1.82) is 0 Å². The van der Waals surface area contributed by atoms with Gasteiger partial charge in [-0.1, -0.05) is 76.0 Å². The highest BCUT2D eigenvalue weighted by Gasteiger charge is 2.32. The van der Waals surface area contributed by atoms with Crippen LogP contribution in [0.4, 0.5) is 9.59 Å². The number of hydrogen-bond acceptors (Lipinski definition) is 12. The Labute approximate surface area is 319 Å². The van der Waals surface area contributed by atoms with E-state index in [1.54, 1.807) is 41.5 Å². The summed E-state index contributed by atoms with van der Waals surface area (Å²) in [5.74, 6) is -2.20. The zero-order chi connectivity index (χ0) is 40.1. The Kier molecular flexibility index (Phi) is 23.8. The fourth-order valence-electron chi connectivity index (χ4n) is 4.25. The summed E-state index contributed by atoms with van der Waals surface area (Å²) < 4.78 is 21.5. The lowest BCUT2D eigenvalue weighted by atomic mass is 10.0. The fourth-order valence-corrected chi connectivity index (χ4v) is 6.58. The molecule has 16 heteroatoms. The third-order valence-electron chi connectivity index (χ3n) is 6.67.